The molecule has 23 heavy (non-hydrogen) atoms. The van der Waals surface area contributed by atoms with Gasteiger partial charge in [-0.25, -0.2) is 0 Å². The Kier molecular flexibility index (Phi) is 4.61. The fourth-order valence-electron chi connectivity index (χ4n) is 2.38. The zero-order chi connectivity index (χ0) is 16.4. The Morgan fingerprint density at radius 2 is 1.91 bits per heavy atom. The van der Waals surface area contributed by atoms with Gasteiger partial charge in [0.25, 0.3) is 0 Å². The molecule has 0 atom stereocenters. The SMILES string of the molecule is CC1(N)CCN(c2nnc(Sc3ccccc3Cl)c(N)n2)CC1. The Labute approximate surface area is 144 Å². The van der Waals surface area contributed by atoms with E-state index in [0.29, 0.717) is 21.8 Å². The van der Waals surface area contributed by atoms with Crippen molar-refractivity contribution in [2.24, 2.45) is 5.73 Å². The zero-order valence-electron chi connectivity index (χ0n) is 12.9. The third kappa shape index (κ3) is 3.85. The lowest BCUT2D eigenvalue weighted by molar-refractivity contribution is 0.361. The van der Waals surface area contributed by atoms with Gasteiger partial charge >= 0.3 is 0 Å². The van der Waals surface area contributed by atoms with Gasteiger partial charge in [-0.2, -0.15) is 4.98 Å². The van der Waals surface area contributed by atoms with Crippen LogP contribution in [0.2, 0.25) is 5.02 Å². The molecular formula is C15H19ClN6S. The van der Waals surface area contributed by atoms with Gasteiger partial charge in [-0.1, -0.05) is 35.5 Å². The maximum atomic E-state index is 6.16. The molecule has 1 aromatic carbocycles. The molecule has 4 N–H and O–H groups in total. The van der Waals surface area contributed by atoms with Crippen LogP contribution < -0.4 is 16.4 Å². The van der Waals surface area contributed by atoms with Gasteiger partial charge in [0.2, 0.25) is 5.95 Å². The molecule has 2 aromatic rings. The summed E-state index contributed by atoms with van der Waals surface area (Å²) in [7, 11) is 0. The lowest BCUT2D eigenvalue weighted by Crippen LogP contribution is -2.48. The number of rotatable bonds is 3. The Balaban J connectivity index is 1.75. The first-order chi connectivity index (χ1) is 10.9. The normalized spacial score (nSPS) is 17.3. The Morgan fingerprint density at radius 1 is 1.22 bits per heavy atom. The number of halogens is 1. The molecule has 0 bridgehead atoms. The first-order valence-electron chi connectivity index (χ1n) is 7.41. The van der Waals surface area contributed by atoms with Crippen molar-refractivity contribution in [3.63, 3.8) is 0 Å². The molecule has 8 heteroatoms. The first kappa shape index (κ1) is 16.3. The van der Waals surface area contributed by atoms with Crippen LogP contribution in [0.15, 0.2) is 34.2 Å². The maximum absolute atomic E-state index is 6.16. The number of aromatic nitrogens is 3. The number of nitrogen functional groups attached to an aromatic ring is 1. The third-order valence-corrected chi connectivity index (χ3v) is 5.40. The van der Waals surface area contributed by atoms with E-state index in [0.717, 1.165) is 30.8 Å². The minimum absolute atomic E-state index is 0.116. The summed E-state index contributed by atoms with van der Waals surface area (Å²) >= 11 is 7.52. The second-order valence-electron chi connectivity index (χ2n) is 5.98. The summed E-state index contributed by atoms with van der Waals surface area (Å²) in [6.07, 6.45) is 1.79. The van der Waals surface area contributed by atoms with Crippen LogP contribution >= 0.6 is 23.4 Å². The summed E-state index contributed by atoms with van der Waals surface area (Å²) in [6.45, 7) is 3.69. The van der Waals surface area contributed by atoms with Gasteiger partial charge < -0.3 is 16.4 Å². The van der Waals surface area contributed by atoms with Gasteiger partial charge in [0.15, 0.2) is 10.8 Å². The molecule has 122 valence electrons. The van der Waals surface area contributed by atoms with Crippen LogP contribution in [0.4, 0.5) is 11.8 Å². The lowest BCUT2D eigenvalue weighted by Gasteiger charge is -2.36. The predicted octanol–water partition coefficient (Wildman–Crippen LogP) is 2.58. The lowest BCUT2D eigenvalue weighted by atomic mass is 9.91. The monoisotopic (exact) mass is 350 g/mol. The Hall–Kier alpha value is -1.57. The highest BCUT2D eigenvalue weighted by molar-refractivity contribution is 7.99. The van der Waals surface area contributed by atoms with Crippen LogP contribution in [0.5, 0.6) is 0 Å². The van der Waals surface area contributed by atoms with Gasteiger partial charge in [-0.05, 0) is 31.9 Å². The van der Waals surface area contributed by atoms with Crippen LogP contribution in [0.25, 0.3) is 0 Å². The number of hydrogen-bond donors (Lipinski definition) is 2. The summed E-state index contributed by atoms with van der Waals surface area (Å²) in [5.74, 6) is 0.919. The minimum atomic E-state index is -0.116. The number of nitrogens with two attached hydrogens (primary N) is 2. The van der Waals surface area contributed by atoms with Crippen LogP contribution in [0, 0.1) is 0 Å². The molecule has 1 aliphatic rings. The van der Waals surface area contributed by atoms with Crippen molar-refractivity contribution in [3.8, 4) is 0 Å². The molecule has 1 fully saturated rings. The molecule has 6 nitrogen and oxygen atoms in total. The maximum Gasteiger partial charge on any atom is 0.247 e. The van der Waals surface area contributed by atoms with Crippen LogP contribution in [-0.4, -0.2) is 33.8 Å². The quantitative estimate of drug-likeness (QED) is 0.878. The number of anilines is 2. The first-order valence-corrected chi connectivity index (χ1v) is 8.60. The molecule has 3 rings (SSSR count). The van der Waals surface area contributed by atoms with Crippen LogP contribution in [0.1, 0.15) is 19.8 Å². The van der Waals surface area contributed by atoms with Crippen molar-refractivity contribution < 1.29 is 0 Å². The molecular weight excluding hydrogens is 332 g/mol. The highest BCUT2D eigenvalue weighted by atomic mass is 35.5. The molecule has 0 unspecified atom stereocenters. The van der Waals surface area contributed by atoms with Crippen molar-refractivity contribution in [1.29, 1.82) is 0 Å². The molecule has 0 spiro atoms. The second kappa shape index (κ2) is 6.51. The number of benzene rings is 1. The van der Waals surface area contributed by atoms with Crippen LogP contribution in [0.3, 0.4) is 0 Å². The van der Waals surface area contributed by atoms with Crippen molar-refractivity contribution >= 4 is 35.1 Å². The van der Waals surface area contributed by atoms with Crippen molar-refractivity contribution in [3.05, 3.63) is 29.3 Å². The smallest absolute Gasteiger partial charge is 0.247 e. The van der Waals surface area contributed by atoms with Crippen molar-refractivity contribution in [2.45, 2.75) is 35.2 Å². The van der Waals surface area contributed by atoms with Crippen molar-refractivity contribution in [1.82, 2.24) is 15.2 Å². The molecule has 0 amide bonds. The Bertz CT molecular complexity index is 698. The highest BCUT2D eigenvalue weighted by Crippen LogP contribution is 2.34. The summed E-state index contributed by atoms with van der Waals surface area (Å²) in [5.41, 5.74) is 12.1. The topological polar surface area (TPSA) is 94.0 Å². The fourth-order valence-corrected chi connectivity index (χ4v) is 3.38. The molecule has 0 saturated carbocycles. The van der Waals surface area contributed by atoms with E-state index in [2.05, 4.69) is 27.0 Å². The van der Waals surface area contributed by atoms with Gasteiger partial charge in [0, 0.05) is 23.5 Å². The van der Waals surface area contributed by atoms with Crippen molar-refractivity contribution in [2.75, 3.05) is 23.7 Å². The van der Waals surface area contributed by atoms with E-state index < -0.39 is 0 Å². The molecule has 1 aromatic heterocycles. The molecule has 0 radical (unpaired) electrons. The number of nitrogens with zero attached hydrogens (tertiary/aromatic N) is 4. The summed E-state index contributed by atoms with van der Waals surface area (Å²) in [6, 6.07) is 7.53. The van der Waals surface area contributed by atoms with Gasteiger partial charge in [-0.15, -0.1) is 10.2 Å². The van der Waals surface area contributed by atoms with E-state index in [-0.39, 0.29) is 5.54 Å². The fraction of sp³-hybridized carbons (Fsp3) is 0.400. The van der Waals surface area contributed by atoms with E-state index >= 15 is 0 Å². The third-order valence-electron chi connectivity index (χ3n) is 3.90. The van der Waals surface area contributed by atoms with Gasteiger partial charge in [0.1, 0.15) is 0 Å². The highest BCUT2D eigenvalue weighted by Gasteiger charge is 2.27. The van der Waals surface area contributed by atoms with E-state index in [1.807, 2.05) is 24.3 Å². The zero-order valence-corrected chi connectivity index (χ0v) is 14.4. The average Bonchev–Trinajstić information content (AvgIpc) is 2.51. The van der Waals surface area contributed by atoms with E-state index in [4.69, 9.17) is 23.1 Å². The molecule has 2 heterocycles. The molecule has 1 aliphatic heterocycles. The second-order valence-corrected chi connectivity index (χ2v) is 7.41. The number of piperidine rings is 1. The van der Waals surface area contributed by atoms with Gasteiger partial charge in [-0.3, -0.25) is 0 Å². The summed E-state index contributed by atoms with van der Waals surface area (Å²) < 4.78 is 0. The van der Waals surface area contributed by atoms with Crippen LogP contribution in [-0.2, 0) is 0 Å². The number of hydrogen-bond acceptors (Lipinski definition) is 7. The average molecular weight is 351 g/mol. The van der Waals surface area contributed by atoms with E-state index in [1.165, 1.54) is 11.8 Å². The van der Waals surface area contributed by atoms with E-state index in [1.54, 1.807) is 0 Å². The van der Waals surface area contributed by atoms with E-state index in [9.17, 15) is 0 Å². The standard InChI is InChI=1S/C15H19ClN6S/c1-15(18)6-8-22(9-7-15)14-19-12(17)13(20-21-14)23-11-5-3-2-4-10(11)16/h2-5H,6-9,18H2,1H3,(H2,17,19,21). The van der Waals surface area contributed by atoms with Gasteiger partial charge in [0.05, 0.1) is 5.02 Å². The Morgan fingerprint density at radius 3 is 2.57 bits per heavy atom. The summed E-state index contributed by atoms with van der Waals surface area (Å²) in [5, 5.41) is 9.65. The minimum Gasteiger partial charge on any atom is -0.381 e. The largest absolute Gasteiger partial charge is 0.381 e. The predicted molar refractivity (Wildman–Crippen MR) is 93.9 cm³/mol. The summed E-state index contributed by atoms with van der Waals surface area (Å²) in [4.78, 5) is 7.34. The molecule has 0 aliphatic carbocycles. The molecule has 1 saturated heterocycles.